The van der Waals surface area contributed by atoms with Crippen LogP contribution < -0.4 is 11.3 Å². The molecular weight excluding hydrogens is 198 g/mol. The Balaban J connectivity index is 2.78. The molecule has 0 spiro atoms. The van der Waals surface area contributed by atoms with Gasteiger partial charge >= 0.3 is 0 Å². The molecule has 1 aromatic carbocycles. The van der Waals surface area contributed by atoms with Crippen molar-refractivity contribution in [2.24, 2.45) is 5.84 Å². The normalized spacial score (nSPS) is 13.4. The van der Waals surface area contributed by atoms with Crippen LogP contribution in [-0.2, 0) is 0 Å². The first-order valence-electron chi connectivity index (χ1n) is 5.75. The van der Waals surface area contributed by atoms with E-state index in [2.05, 4.69) is 48.4 Å². The quantitative estimate of drug-likeness (QED) is 0.589. The summed E-state index contributed by atoms with van der Waals surface area (Å²) in [6.07, 6.45) is 0. The summed E-state index contributed by atoms with van der Waals surface area (Å²) < 4.78 is 0. The van der Waals surface area contributed by atoms with Gasteiger partial charge in [-0.15, -0.1) is 0 Å². The Morgan fingerprint density at radius 1 is 1.12 bits per heavy atom. The molecule has 90 valence electrons. The molecule has 16 heavy (non-hydrogen) atoms. The zero-order chi connectivity index (χ0) is 12.1. The first-order chi connectivity index (χ1) is 7.54. The molecular formula is C13H23N3. The lowest BCUT2D eigenvalue weighted by atomic mass is 9.99. The molecule has 1 unspecified atom stereocenters. The second-order valence-electron chi connectivity index (χ2n) is 4.80. The molecule has 0 heterocycles. The van der Waals surface area contributed by atoms with Crippen LogP contribution in [0.1, 0.15) is 36.9 Å². The Bertz CT molecular complexity index is 303. The second-order valence-corrected chi connectivity index (χ2v) is 4.80. The topological polar surface area (TPSA) is 41.3 Å². The summed E-state index contributed by atoms with van der Waals surface area (Å²) in [5.74, 6) is 6.15. The smallest absolute Gasteiger partial charge is 0.0586 e. The minimum absolute atomic E-state index is 0.191. The van der Waals surface area contributed by atoms with Gasteiger partial charge in [0.05, 0.1) is 6.04 Å². The van der Waals surface area contributed by atoms with Crippen LogP contribution in [0.2, 0.25) is 0 Å². The van der Waals surface area contributed by atoms with Crippen molar-refractivity contribution in [3.8, 4) is 0 Å². The van der Waals surface area contributed by atoms with Crippen LogP contribution in [-0.4, -0.2) is 25.5 Å². The van der Waals surface area contributed by atoms with Crippen molar-refractivity contribution in [3.05, 3.63) is 35.4 Å². The summed E-state index contributed by atoms with van der Waals surface area (Å²) >= 11 is 0. The largest absolute Gasteiger partial charge is 0.307 e. The van der Waals surface area contributed by atoms with Crippen molar-refractivity contribution in [2.75, 3.05) is 20.6 Å². The summed E-state index contributed by atoms with van der Waals surface area (Å²) in [5, 5.41) is 0. The van der Waals surface area contributed by atoms with E-state index in [0.717, 1.165) is 6.54 Å². The minimum Gasteiger partial charge on any atom is -0.307 e. The van der Waals surface area contributed by atoms with Gasteiger partial charge in [-0.3, -0.25) is 11.3 Å². The zero-order valence-electron chi connectivity index (χ0n) is 10.7. The van der Waals surface area contributed by atoms with Crippen molar-refractivity contribution in [1.82, 2.24) is 10.3 Å². The molecule has 0 radical (unpaired) electrons. The number of hydrogen-bond donors (Lipinski definition) is 2. The number of hydrazine groups is 1. The predicted molar refractivity (Wildman–Crippen MR) is 69.1 cm³/mol. The van der Waals surface area contributed by atoms with Crippen LogP contribution in [0, 0.1) is 0 Å². The van der Waals surface area contributed by atoms with E-state index in [0.29, 0.717) is 5.92 Å². The van der Waals surface area contributed by atoms with Crippen molar-refractivity contribution < 1.29 is 0 Å². The van der Waals surface area contributed by atoms with Gasteiger partial charge in [0.25, 0.3) is 0 Å². The van der Waals surface area contributed by atoms with Crippen molar-refractivity contribution in [2.45, 2.75) is 25.8 Å². The first-order valence-corrected chi connectivity index (χ1v) is 5.75. The van der Waals surface area contributed by atoms with Gasteiger partial charge in [0.2, 0.25) is 0 Å². The first kappa shape index (κ1) is 13.2. The van der Waals surface area contributed by atoms with Crippen LogP contribution in [0.5, 0.6) is 0 Å². The molecule has 0 aliphatic rings. The fourth-order valence-electron chi connectivity index (χ4n) is 1.73. The van der Waals surface area contributed by atoms with Crippen LogP contribution in [0.4, 0.5) is 0 Å². The summed E-state index contributed by atoms with van der Waals surface area (Å²) in [5.41, 5.74) is 5.46. The number of nitrogens with one attached hydrogen (secondary N) is 1. The fraction of sp³-hybridized carbons (Fsp3) is 0.538. The molecule has 0 bridgehead atoms. The van der Waals surface area contributed by atoms with E-state index in [9.17, 15) is 0 Å². The highest BCUT2D eigenvalue weighted by Gasteiger charge is 2.10. The summed E-state index contributed by atoms with van der Waals surface area (Å²) in [6.45, 7) is 5.30. The maximum absolute atomic E-state index is 5.57. The molecule has 0 saturated heterocycles. The Kier molecular flexibility index (Phi) is 4.93. The Hall–Kier alpha value is -0.900. The van der Waals surface area contributed by atoms with Gasteiger partial charge in [0.1, 0.15) is 0 Å². The lowest BCUT2D eigenvalue weighted by Gasteiger charge is -2.21. The third kappa shape index (κ3) is 3.59. The standard InChI is InChI=1S/C13H23N3/c1-10(2)11-5-7-12(8-6-11)13(15-14)9-16(3)4/h5-8,10,13,15H,9,14H2,1-4H3. The summed E-state index contributed by atoms with van der Waals surface area (Å²) in [7, 11) is 4.10. The molecule has 1 atom stereocenters. The summed E-state index contributed by atoms with van der Waals surface area (Å²) in [6, 6.07) is 8.86. The van der Waals surface area contributed by atoms with E-state index >= 15 is 0 Å². The van der Waals surface area contributed by atoms with Gasteiger partial charge in [-0.25, -0.2) is 0 Å². The van der Waals surface area contributed by atoms with E-state index in [4.69, 9.17) is 5.84 Å². The second kappa shape index (κ2) is 5.99. The van der Waals surface area contributed by atoms with Crippen molar-refractivity contribution in [1.29, 1.82) is 0 Å². The molecule has 0 aliphatic carbocycles. The van der Waals surface area contributed by atoms with Crippen LogP contribution in [0.15, 0.2) is 24.3 Å². The monoisotopic (exact) mass is 221 g/mol. The number of likely N-dealkylation sites (N-methyl/N-ethyl adjacent to an activating group) is 1. The third-order valence-electron chi connectivity index (χ3n) is 2.75. The zero-order valence-corrected chi connectivity index (χ0v) is 10.7. The van der Waals surface area contributed by atoms with Gasteiger partial charge in [0.15, 0.2) is 0 Å². The van der Waals surface area contributed by atoms with E-state index in [1.165, 1.54) is 11.1 Å². The van der Waals surface area contributed by atoms with E-state index in [1.54, 1.807) is 0 Å². The number of benzene rings is 1. The van der Waals surface area contributed by atoms with Crippen LogP contribution in [0.3, 0.4) is 0 Å². The maximum Gasteiger partial charge on any atom is 0.0586 e. The summed E-state index contributed by atoms with van der Waals surface area (Å²) in [4.78, 5) is 2.13. The Morgan fingerprint density at radius 2 is 1.62 bits per heavy atom. The SMILES string of the molecule is CC(C)c1ccc(C(CN(C)C)NN)cc1. The highest BCUT2D eigenvalue weighted by Crippen LogP contribution is 2.18. The van der Waals surface area contributed by atoms with Gasteiger partial charge < -0.3 is 4.90 Å². The lowest BCUT2D eigenvalue weighted by molar-refractivity contribution is 0.344. The maximum atomic E-state index is 5.57. The number of rotatable bonds is 5. The molecule has 0 saturated carbocycles. The molecule has 0 aromatic heterocycles. The molecule has 0 fully saturated rings. The molecule has 1 rings (SSSR count). The van der Waals surface area contributed by atoms with Crippen LogP contribution >= 0.6 is 0 Å². The molecule has 3 N–H and O–H groups in total. The predicted octanol–water partition coefficient (Wildman–Crippen LogP) is 1.88. The van der Waals surface area contributed by atoms with E-state index < -0.39 is 0 Å². The Labute approximate surface area is 98.6 Å². The van der Waals surface area contributed by atoms with Crippen molar-refractivity contribution in [3.63, 3.8) is 0 Å². The van der Waals surface area contributed by atoms with Gasteiger partial charge in [-0.1, -0.05) is 38.1 Å². The highest BCUT2D eigenvalue weighted by molar-refractivity contribution is 5.27. The van der Waals surface area contributed by atoms with Gasteiger partial charge in [0, 0.05) is 6.54 Å². The van der Waals surface area contributed by atoms with E-state index in [-0.39, 0.29) is 6.04 Å². The molecule has 3 nitrogen and oxygen atoms in total. The molecule has 0 amide bonds. The Morgan fingerprint density at radius 3 is 2.00 bits per heavy atom. The minimum atomic E-state index is 0.191. The van der Waals surface area contributed by atoms with E-state index in [1.807, 2.05) is 14.1 Å². The third-order valence-corrected chi connectivity index (χ3v) is 2.75. The van der Waals surface area contributed by atoms with Gasteiger partial charge in [-0.2, -0.15) is 0 Å². The number of nitrogens with zero attached hydrogens (tertiary/aromatic N) is 1. The average molecular weight is 221 g/mol. The van der Waals surface area contributed by atoms with Crippen LogP contribution in [0.25, 0.3) is 0 Å². The fourth-order valence-corrected chi connectivity index (χ4v) is 1.73. The van der Waals surface area contributed by atoms with Gasteiger partial charge in [-0.05, 0) is 31.1 Å². The highest BCUT2D eigenvalue weighted by atomic mass is 15.3. The average Bonchev–Trinajstić information content (AvgIpc) is 2.25. The number of hydrogen-bond acceptors (Lipinski definition) is 3. The van der Waals surface area contributed by atoms with Crippen molar-refractivity contribution >= 4 is 0 Å². The lowest BCUT2D eigenvalue weighted by Crippen LogP contribution is -2.35. The molecule has 3 heteroatoms. The number of nitrogens with two attached hydrogens (primary N) is 1. The molecule has 1 aromatic rings. The molecule has 0 aliphatic heterocycles.